The molecule has 0 aromatic rings. The number of hydrogen-bond acceptors (Lipinski definition) is 3. The predicted octanol–water partition coefficient (Wildman–Crippen LogP) is 1.50. The molecule has 2 aliphatic rings. The Hall–Kier alpha value is -1.35. The summed E-state index contributed by atoms with van der Waals surface area (Å²) >= 11 is 0. The third-order valence-electron chi connectivity index (χ3n) is 2.85. The smallest absolute Gasteiger partial charge is 0.334 e. The summed E-state index contributed by atoms with van der Waals surface area (Å²) in [6.07, 6.45) is 7.45. The molecule has 0 amide bonds. The molecule has 1 N–H and O–H groups in total. The number of aliphatic hydroxyl groups excluding tert-OH is 1. The van der Waals surface area contributed by atoms with Gasteiger partial charge >= 0.3 is 5.97 Å². The SMILES string of the molecule is COC(=O)C1=C2C=CCC=C2C(O)CC1. The lowest BCUT2D eigenvalue weighted by Gasteiger charge is -2.26. The lowest BCUT2D eigenvalue weighted by Crippen LogP contribution is -2.22. The average molecular weight is 206 g/mol. The van der Waals surface area contributed by atoms with Gasteiger partial charge in [0.2, 0.25) is 0 Å². The minimum Gasteiger partial charge on any atom is -0.466 e. The molecule has 2 rings (SSSR count). The molecule has 80 valence electrons. The number of ether oxygens (including phenoxy) is 1. The number of carbonyl (C=O) groups is 1. The first-order valence-corrected chi connectivity index (χ1v) is 5.10. The summed E-state index contributed by atoms with van der Waals surface area (Å²) in [4.78, 5) is 11.5. The zero-order valence-corrected chi connectivity index (χ0v) is 8.69. The van der Waals surface area contributed by atoms with E-state index in [4.69, 9.17) is 4.74 Å². The van der Waals surface area contributed by atoms with Crippen LogP contribution in [0, 0.1) is 0 Å². The molecule has 0 aliphatic heterocycles. The van der Waals surface area contributed by atoms with E-state index in [1.807, 2.05) is 18.2 Å². The number of rotatable bonds is 1. The van der Waals surface area contributed by atoms with Gasteiger partial charge in [-0.2, -0.15) is 0 Å². The predicted molar refractivity (Wildman–Crippen MR) is 56.1 cm³/mol. The van der Waals surface area contributed by atoms with Crippen LogP contribution in [0.25, 0.3) is 0 Å². The molecule has 0 saturated carbocycles. The molecule has 3 heteroatoms. The lowest BCUT2D eigenvalue weighted by atomic mass is 9.82. The van der Waals surface area contributed by atoms with Crippen molar-refractivity contribution in [2.24, 2.45) is 0 Å². The van der Waals surface area contributed by atoms with Gasteiger partial charge in [-0.05, 0) is 30.4 Å². The molecule has 0 bridgehead atoms. The molecule has 2 aliphatic carbocycles. The second kappa shape index (κ2) is 4.03. The number of aliphatic hydroxyl groups is 1. The van der Waals surface area contributed by atoms with Gasteiger partial charge in [0.1, 0.15) is 0 Å². The Balaban J connectivity index is 2.43. The Kier molecular flexibility index (Phi) is 2.73. The number of allylic oxidation sites excluding steroid dienone is 3. The van der Waals surface area contributed by atoms with E-state index in [0.717, 1.165) is 17.6 Å². The highest BCUT2D eigenvalue weighted by Gasteiger charge is 2.27. The molecule has 0 fully saturated rings. The van der Waals surface area contributed by atoms with Crippen LogP contribution in [0.1, 0.15) is 19.3 Å². The fourth-order valence-corrected chi connectivity index (χ4v) is 2.08. The van der Waals surface area contributed by atoms with Crippen molar-refractivity contribution in [3.05, 3.63) is 34.9 Å². The Bertz CT molecular complexity index is 374. The van der Waals surface area contributed by atoms with E-state index in [9.17, 15) is 9.90 Å². The van der Waals surface area contributed by atoms with Crippen LogP contribution in [0.2, 0.25) is 0 Å². The number of methoxy groups -OCH3 is 1. The van der Waals surface area contributed by atoms with Gasteiger partial charge in [-0.15, -0.1) is 0 Å². The van der Waals surface area contributed by atoms with Crippen LogP contribution in [0.4, 0.5) is 0 Å². The lowest BCUT2D eigenvalue weighted by molar-refractivity contribution is -0.136. The first-order chi connectivity index (χ1) is 7.24. The van der Waals surface area contributed by atoms with E-state index >= 15 is 0 Å². The zero-order valence-electron chi connectivity index (χ0n) is 8.69. The van der Waals surface area contributed by atoms with Gasteiger partial charge in [0.15, 0.2) is 0 Å². The van der Waals surface area contributed by atoms with Crippen LogP contribution in [0.3, 0.4) is 0 Å². The highest BCUT2D eigenvalue weighted by molar-refractivity contribution is 5.91. The average Bonchev–Trinajstić information content (AvgIpc) is 2.29. The van der Waals surface area contributed by atoms with Crippen molar-refractivity contribution < 1.29 is 14.6 Å². The highest BCUT2D eigenvalue weighted by Crippen LogP contribution is 2.33. The zero-order chi connectivity index (χ0) is 10.8. The van der Waals surface area contributed by atoms with Gasteiger partial charge in [-0.3, -0.25) is 0 Å². The fourth-order valence-electron chi connectivity index (χ4n) is 2.08. The normalized spacial score (nSPS) is 24.7. The fraction of sp³-hybridized carbons (Fsp3) is 0.417. The van der Waals surface area contributed by atoms with Crippen LogP contribution >= 0.6 is 0 Å². The van der Waals surface area contributed by atoms with Gasteiger partial charge in [0, 0.05) is 5.57 Å². The molecule has 1 unspecified atom stereocenters. The number of hydrogen-bond donors (Lipinski definition) is 1. The Morgan fingerprint density at radius 2 is 2.40 bits per heavy atom. The molecule has 0 spiro atoms. The van der Waals surface area contributed by atoms with Crippen LogP contribution in [-0.2, 0) is 9.53 Å². The Morgan fingerprint density at radius 1 is 1.60 bits per heavy atom. The van der Waals surface area contributed by atoms with Crippen LogP contribution in [0.5, 0.6) is 0 Å². The second-order valence-corrected chi connectivity index (χ2v) is 3.74. The molecule has 0 aromatic heterocycles. The number of carbonyl (C=O) groups excluding carboxylic acids is 1. The molecule has 0 aromatic carbocycles. The van der Waals surface area contributed by atoms with Gasteiger partial charge < -0.3 is 9.84 Å². The van der Waals surface area contributed by atoms with E-state index < -0.39 is 6.10 Å². The quantitative estimate of drug-likeness (QED) is 0.661. The largest absolute Gasteiger partial charge is 0.466 e. The van der Waals surface area contributed by atoms with Crippen molar-refractivity contribution in [3.8, 4) is 0 Å². The van der Waals surface area contributed by atoms with Crippen LogP contribution in [-0.4, -0.2) is 24.3 Å². The van der Waals surface area contributed by atoms with Crippen molar-refractivity contribution in [3.63, 3.8) is 0 Å². The van der Waals surface area contributed by atoms with Gasteiger partial charge in [-0.25, -0.2) is 4.79 Å². The van der Waals surface area contributed by atoms with E-state index in [1.54, 1.807) is 0 Å². The summed E-state index contributed by atoms with van der Waals surface area (Å²) in [6, 6.07) is 0. The highest BCUT2D eigenvalue weighted by atomic mass is 16.5. The summed E-state index contributed by atoms with van der Waals surface area (Å²) in [5.41, 5.74) is 2.42. The maximum Gasteiger partial charge on any atom is 0.334 e. The molecular weight excluding hydrogens is 192 g/mol. The molecule has 0 heterocycles. The number of fused-ring (bicyclic) bond motifs is 1. The van der Waals surface area contributed by atoms with Crippen molar-refractivity contribution in [2.45, 2.75) is 25.4 Å². The van der Waals surface area contributed by atoms with Crippen LogP contribution in [0.15, 0.2) is 34.9 Å². The first-order valence-electron chi connectivity index (χ1n) is 5.10. The summed E-state index contributed by atoms with van der Waals surface area (Å²) < 4.78 is 4.73. The minimum atomic E-state index is -0.432. The number of esters is 1. The third kappa shape index (κ3) is 1.75. The minimum absolute atomic E-state index is 0.283. The first kappa shape index (κ1) is 10.2. The van der Waals surface area contributed by atoms with Crippen molar-refractivity contribution >= 4 is 5.97 Å². The van der Waals surface area contributed by atoms with Crippen molar-refractivity contribution in [1.29, 1.82) is 0 Å². The standard InChI is InChI=1S/C12H14O3/c1-15-12(14)10-6-7-11(13)9-5-3-2-4-8(9)10/h2,4-5,11,13H,3,6-7H2,1H3. The van der Waals surface area contributed by atoms with Gasteiger partial charge in [0.05, 0.1) is 13.2 Å². The van der Waals surface area contributed by atoms with Crippen molar-refractivity contribution in [1.82, 2.24) is 0 Å². The maximum absolute atomic E-state index is 11.5. The van der Waals surface area contributed by atoms with Gasteiger partial charge in [0.25, 0.3) is 0 Å². The topological polar surface area (TPSA) is 46.5 Å². The Labute approximate surface area is 88.7 Å². The van der Waals surface area contributed by atoms with Gasteiger partial charge in [-0.1, -0.05) is 18.2 Å². The van der Waals surface area contributed by atoms with Crippen LogP contribution < -0.4 is 0 Å². The summed E-state index contributed by atoms with van der Waals surface area (Å²) in [5, 5.41) is 9.79. The molecule has 15 heavy (non-hydrogen) atoms. The second-order valence-electron chi connectivity index (χ2n) is 3.74. The molecule has 0 saturated heterocycles. The van der Waals surface area contributed by atoms with E-state index in [-0.39, 0.29) is 5.97 Å². The van der Waals surface area contributed by atoms with E-state index in [0.29, 0.717) is 18.4 Å². The monoisotopic (exact) mass is 206 g/mol. The molecule has 3 nitrogen and oxygen atoms in total. The molecule has 1 atom stereocenters. The molecule has 0 radical (unpaired) electrons. The summed E-state index contributed by atoms with van der Waals surface area (Å²) in [7, 11) is 1.39. The van der Waals surface area contributed by atoms with Crippen molar-refractivity contribution in [2.75, 3.05) is 7.11 Å². The van der Waals surface area contributed by atoms with E-state index in [1.165, 1.54) is 7.11 Å². The maximum atomic E-state index is 11.5. The summed E-state index contributed by atoms with van der Waals surface area (Å²) in [5.74, 6) is -0.283. The third-order valence-corrected chi connectivity index (χ3v) is 2.85. The Morgan fingerprint density at radius 3 is 3.13 bits per heavy atom. The summed E-state index contributed by atoms with van der Waals surface area (Å²) in [6.45, 7) is 0. The van der Waals surface area contributed by atoms with E-state index in [2.05, 4.69) is 0 Å². The molecular formula is C12H14O3.